The van der Waals surface area contributed by atoms with E-state index in [1.165, 1.54) is 57.2 Å². The number of carbonyl (C=O) groups is 3. The number of hydrogen-bond acceptors (Lipinski definition) is 5. The zero-order chi connectivity index (χ0) is 25.8. The number of halogens is 2. The van der Waals surface area contributed by atoms with Crippen LogP contribution in [-0.2, 0) is 16.1 Å². The number of nitro benzene ring substituents is 1. The van der Waals surface area contributed by atoms with Crippen molar-refractivity contribution in [2.75, 3.05) is 24.7 Å². The van der Waals surface area contributed by atoms with Crippen LogP contribution in [0.2, 0.25) is 5.02 Å². The Balaban J connectivity index is 1.55. The molecule has 0 saturated carbocycles. The van der Waals surface area contributed by atoms with Gasteiger partial charge in [-0.15, -0.1) is 0 Å². The van der Waals surface area contributed by atoms with Crippen LogP contribution >= 0.6 is 11.6 Å². The first kappa shape index (κ1) is 24.8. The SMILES string of the molecule is O=C(CN(Cc1ccc(F)cc1)C(=O)c1cccc([N+](=O)[O-])c1)N1CC(=O)N(c2ccc(Cl)cc2)C1. The Kier molecular flexibility index (Phi) is 7.25. The molecule has 4 rings (SSSR count). The van der Waals surface area contributed by atoms with E-state index in [1.54, 1.807) is 24.3 Å². The van der Waals surface area contributed by atoms with Gasteiger partial charge >= 0.3 is 0 Å². The maximum absolute atomic E-state index is 13.4. The summed E-state index contributed by atoms with van der Waals surface area (Å²) in [7, 11) is 0. The van der Waals surface area contributed by atoms with Gasteiger partial charge in [-0.05, 0) is 48.0 Å². The predicted molar refractivity (Wildman–Crippen MR) is 130 cm³/mol. The predicted octanol–water partition coefficient (Wildman–Crippen LogP) is 3.86. The third-order valence-electron chi connectivity index (χ3n) is 5.63. The van der Waals surface area contributed by atoms with Crippen LogP contribution in [0.5, 0.6) is 0 Å². The number of benzene rings is 3. The summed E-state index contributed by atoms with van der Waals surface area (Å²) < 4.78 is 13.4. The maximum atomic E-state index is 13.4. The lowest BCUT2D eigenvalue weighted by molar-refractivity contribution is -0.384. The zero-order valence-electron chi connectivity index (χ0n) is 18.8. The molecule has 9 nitrogen and oxygen atoms in total. The Morgan fingerprint density at radius 2 is 1.75 bits per heavy atom. The van der Waals surface area contributed by atoms with Crippen LogP contribution in [0.4, 0.5) is 15.8 Å². The minimum Gasteiger partial charge on any atom is -0.325 e. The summed E-state index contributed by atoms with van der Waals surface area (Å²) in [6.07, 6.45) is 0. The molecule has 1 aliphatic heterocycles. The smallest absolute Gasteiger partial charge is 0.270 e. The van der Waals surface area contributed by atoms with E-state index in [0.717, 1.165) is 6.07 Å². The quantitative estimate of drug-likeness (QED) is 0.354. The van der Waals surface area contributed by atoms with Crippen molar-refractivity contribution in [2.45, 2.75) is 6.54 Å². The van der Waals surface area contributed by atoms with Gasteiger partial charge in [0.15, 0.2) is 0 Å². The van der Waals surface area contributed by atoms with Crippen molar-refractivity contribution in [1.82, 2.24) is 9.80 Å². The van der Waals surface area contributed by atoms with Crippen molar-refractivity contribution >= 4 is 40.7 Å². The molecule has 11 heteroatoms. The van der Waals surface area contributed by atoms with Crippen molar-refractivity contribution < 1.29 is 23.7 Å². The fraction of sp³-hybridized carbons (Fsp3) is 0.160. The third kappa shape index (κ3) is 5.66. The minimum absolute atomic E-state index is 0.00527. The molecule has 0 aliphatic carbocycles. The molecule has 36 heavy (non-hydrogen) atoms. The van der Waals surface area contributed by atoms with Gasteiger partial charge in [0.1, 0.15) is 25.6 Å². The molecule has 3 aromatic rings. The first-order valence-corrected chi connectivity index (χ1v) is 11.2. The standard InChI is InChI=1S/C25H20ClFN4O5/c26-19-6-10-21(11-7-19)30-16-29(15-24(30)33)23(32)14-28(13-17-4-8-20(27)9-5-17)25(34)18-2-1-3-22(12-18)31(35)36/h1-12H,13-16H2. The van der Waals surface area contributed by atoms with Crippen LogP contribution < -0.4 is 4.90 Å². The average Bonchev–Trinajstić information content (AvgIpc) is 3.26. The highest BCUT2D eigenvalue weighted by molar-refractivity contribution is 6.30. The first-order valence-electron chi connectivity index (χ1n) is 10.8. The van der Waals surface area contributed by atoms with E-state index >= 15 is 0 Å². The summed E-state index contributed by atoms with van der Waals surface area (Å²) in [5.74, 6) is -1.85. The number of hydrogen-bond donors (Lipinski definition) is 0. The van der Waals surface area contributed by atoms with E-state index in [1.807, 2.05) is 0 Å². The monoisotopic (exact) mass is 510 g/mol. The van der Waals surface area contributed by atoms with E-state index < -0.39 is 22.6 Å². The lowest BCUT2D eigenvalue weighted by Gasteiger charge is -2.25. The Morgan fingerprint density at radius 3 is 2.42 bits per heavy atom. The van der Waals surface area contributed by atoms with E-state index in [0.29, 0.717) is 16.3 Å². The number of carbonyl (C=O) groups excluding carboxylic acids is 3. The van der Waals surface area contributed by atoms with Crippen molar-refractivity contribution in [3.05, 3.63) is 105 Å². The van der Waals surface area contributed by atoms with Crippen LogP contribution in [0.25, 0.3) is 0 Å². The van der Waals surface area contributed by atoms with Gasteiger partial charge in [0.2, 0.25) is 11.8 Å². The van der Waals surface area contributed by atoms with Gasteiger partial charge in [-0.25, -0.2) is 4.39 Å². The lowest BCUT2D eigenvalue weighted by Crippen LogP contribution is -2.42. The third-order valence-corrected chi connectivity index (χ3v) is 5.89. The summed E-state index contributed by atoms with van der Waals surface area (Å²) in [4.78, 5) is 53.5. The molecule has 1 heterocycles. The molecule has 0 bridgehead atoms. The van der Waals surface area contributed by atoms with Crippen LogP contribution in [-0.4, -0.2) is 52.2 Å². The second-order valence-electron chi connectivity index (χ2n) is 8.13. The van der Waals surface area contributed by atoms with Crippen LogP contribution in [0, 0.1) is 15.9 Å². The van der Waals surface area contributed by atoms with Gasteiger partial charge in [-0.1, -0.05) is 29.8 Å². The number of anilines is 1. The fourth-order valence-corrected chi connectivity index (χ4v) is 3.90. The Hall–Kier alpha value is -4.31. The number of nitrogens with zero attached hydrogens (tertiary/aromatic N) is 4. The average molecular weight is 511 g/mol. The number of nitro groups is 1. The van der Waals surface area contributed by atoms with Gasteiger partial charge in [-0.3, -0.25) is 29.4 Å². The summed E-state index contributed by atoms with van der Waals surface area (Å²) in [6.45, 7) is -0.609. The lowest BCUT2D eigenvalue weighted by atomic mass is 10.1. The largest absolute Gasteiger partial charge is 0.325 e. The van der Waals surface area contributed by atoms with Crippen LogP contribution in [0.15, 0.2) is 72.8 Å². The van der Waals surface area contributed by atoms with Gasteiger partial charge in [0.25, 0.3) is 11.6 Å². The van der Waals surface area contributed by atoms with E-state index in [-0.39, 0.29) is 43.5 Å². The minimum atomic E-state index is -0.618. The highest BCUT2D eigenvalue weighted by atomic mass is 35.5. The van der Waals surface area contributed by atoms with Crippen molar-refractivity contribution in [3.63, 3.8) is 0 Å². The van der Waals surface area contributed by atoms with Crippen molar-refractivity contribution in [1.29, 1.82) is 0 Å². The molecule has 0 unspecified atom stereocenters. The fourth-order valence-electron chi connectivity index (χ4n) is 3.77. The molecule has 184 valence electrons. The molecular formula is C25H20ClFN4O5. The van der Waals surface area contributed by atoms with Gasteiger partial charge < -0.3 is 9.80 Å². The normalized spacial score (nSPS) is 13.1. The highest BCUT2D eigenvalue weighted by Crippen LogP contribution is 2.22. The Bertz CT molecular complexity index is 1320. The van der Waals surface area contributed by atoms with Gasteiger partial charge in [-0.2, -0.15) is 0 Å². The molecule has 0 radical (unpaired) electrons. The summed E-state index contributed by atoms with van der Waals surface area (Å²) in [6, 6.07) is 17.2. The second kappa shape index (κ2) is 10.5. The topological polar surface area (TPSA) is 104 Å². The van der Waals surface area contributed by atoms with Crippen molar-refractivity contribution in [3.8, 4) is 0 Å². The van der Waals surface area contributed by atoms with E-state index in [4.69, 9.17) is 11.6 Å². The summed E-state index contributed by atoms with van der Waals surface area (Å²) >= 11 is 5.91. The molecule has 1 fully saturated rings. The number of rotatable bonds is 7. The molecular weight excluding hydrogens is 491 g/mol. The van der Waals surface area contributed by atoms with Crippen LogP contribution in [0.3, 0.4) is 0 Å². The molecule has 1 saturated heterocycles. The Morgan fingerprint density at radius 1 is 1.06 bits per heavy atom. The molecule has 0 aromatic heterocycles. The van der Waals surface area contributed by atoms with Gasteiger partial charge in [0, 0.05) is 35.0 Å². The number of non-ortho nitro benzene ring substituents is 1. The molecule has 0 atom stereocenters. The molecule has 1 aliphatic rings. The van der Waals surface area contributed by atoms with Crippen molar-refractivity contribution in [2.24, 2.45) is 0 Å². The molecule has 3 aromatic carbocycles. The maximum Gasteiger partial charge on any atom is 0.270 e. The summed E-state index contributed by atoms with van der Waals surface area (Å²) in [5, 5.41) is 11.7. The Labute approximate surface area is 210 Å². The van der Waals surface area contributed by atoms with Crippen LogP contribution in [0.1, 0.15) is 15.9 Å². The molecule has 3 amide bonds. The molecule has 0 spiro atoms. The highest BCUT2D eigenvalue weighted by Gasteiger charge is 2.33. The summed E-state index contributed by atoms with van der Waals surface area (Å²) in [5.41, 5.74) is 0.899. The van der Waals surface area contributed by atoms with E-state index in [9.17, 15) is 28.9 Å². The number of amides is 3. The zero-order valence-corrected chi connectivity index (χ0v) is 19.6. The second-order valence-corrected chi connectivity index (χ2v) is 8.56. The molecule has 0 N–H and O–H groups in total. The van der Waals surface area contributed by atoms with E-state index in [2.05, 4.69) is 0 Å². The van der Waals surface area contributed by atoms with Gasteiger partial charge in [0.05, 0.1) is 4.92 Å². The first-order chi connectivity index (χ1) is 17.2.